The van der Waals surface area contributed by atoms with Crippen molar-refractivity contribution in [2.75, 3.05) is 0 Å². The van der Waals surface area contributed by atoms with Gasteiger partial charge in [-0.05, 0) is 93.9 Å². The number of hydrogen-bond acceptors (Lipinski definition) is 3. The Kier molecular flexibility index (Phi) is 8.26. The Morgan fingerprint density at radius 2 is 1.37 bits per heavy atom. The van der Waals surface area contributed by atoms with Crippen LogP contribution in [-0.4, -0.2) is 19.6 Å². The molecule has 0 unspecified atom stereocenters. The van der Waals surface area contributed by atoms with Gasteiger partial charge in [0.2, 0.25) is 0 Å². The molecule has 4 nitrogen and oxygen atoms in total. The van der Waals surface area contributed by atoms with Gasteiger partial charge in [0.05, 0.1) is 27.6 Å². The number of benzene rings is 6. The Labute approximate surface area is 362 Å². The molecule has 0 aliphatic carbocycles. The molecule has 1 N–H and O–H groups in total. The third-order valence-electron chi connectivity index (χ3n) is 10.1. The van der Waals surface area contributed by atoms with Crippen molar-refractivity contribution < 1.29 is 37.1 Å². The van der Waals surface area contributed by atoms with E-state index in [1.54, 1.807) is 0 Å². The Balaban J connectivity index is 0.00000630. The number of rotatable bonds is 6. The summed E-state index contributed by atoms with van der Waals surface area (Å²) in [4.78, 5) is 9.81. The molecule has 0 saturated carbocycles. The molecular weight excluding hydrogens is 878 g/mol. The van der Waals surface area contributed by atoms with Crippen LogP contribution >= 0.6 is 0 Å². The van der Waals surface area contributed by atoms with Gasteiger partial charge >= 0.3 is 0 Å². The molecule has 0 spiro atoms. The molecule has 0 aliphatic heterocycles. The second kappa shape index (κ2) is 15.4. The van der Waals surface area contributed by atoms with Gasteiger partial charge in [-0.3, -0.25) is 9.55 Å². The second-order valence-electron chi connectivity index (χ2n) is 16.5. The third kappa shape index (κ3) is 7.89. The maximum atomic E-state index is 11.7. The molecule has 8 rings (SSSR count). The first-order chi connectivity index (χ1) is 30.1. The summed E-state index contributed by atoms with van der Waals surface area (Å²) in [6, 6.07) is 30.0. The van der Waals surface area contributed by atoms with Crippen molar-refractivity contribution in [1.82, 2.24) is 14.5 Å². The molecule has 0 bridgehead atoms. The molecule has 0 saturated heterocycles. The Bertz CT molecular complexity index is 3180. The summed E-state index contributed by atoms with van der Waals surface area (Å²) in [5, 5.41) is 11.7. The minimum Gasteiger partial charge on any atom is -0.507 e. The quantitative estimate of drug-likeness (QED) is 0.169. The van der Waals surface area contributed by atoms with Crippen LogP contribution in [0.1, 0.15) is 74.8 Å². The van der Waals surface area contributed by atoms with Crippen molar-refractivity contribution in [3.8, 4) is 67.5 Å². The predicted molar refractivity (Wildman–Crippen MR) is 233 cm³/mol. The largest absolute Gasteiger partial charge is 0.507 e. The van der Waals surface area contributed by atoms with E-state index in [9.17, 15) is 6.48 Å². The van der Waals surface area contributed by atoms with Crippen molar-refractivity contribution in [3.05, 3.63) is 168 Å². The molecule has 8 aromatic rings. The topological polar surface area (TPSA) is 50.9 Å². The Morgan fingerprint density at radius 1 is 0.667 bits per heavy atom. The van der Waals surface area contributed by atoms with Gasteiger partial charge < -0.3 is 5.11 Å². The van der Waals surface area contributed by atoms with Crippen LogP contribution in [0.5, 0.6) is 5.75 Å². The van der Waals surface area contributed by atoms with E-state index in [4.69, 9.17) is 14.6 Å². The minimum atomic E-state index is -0.606. The maximum Gasteiger partial charge on any atom is 0.148 e. The molecule has 0 radical (unpaired) electrons. The number of aromatic hydroxyl groups is 1. The number of phenols is 1. The van der Waals surface area contributed by atoms with E-state index in [0.29, 0.717) is 39.2 Å². The third-order valence-corrected chi connectivity index (χ3v) is 10.1. The van der Waals surface area contributed by atoms with Gasteiger partial charge in [0.1, 0.15) is 11.6 Å². The average Bonchev–Trinajstić information content (AvgIpc) is 3.65. The summed E-state index contributed by atoms with van der Waals surface area (Å²) in [6.07, 6.45) is -0.518. The molecule has 0 amide bonds. The van der Waals surface area contributed by atoms with Gasteiger partial charge in [-0.1, -0.05) is 144 Å². The maximum absolute atomic E-state index is 11.7. The van der Waals surface area contributed by atoms with Gasteiger partial charge in [-0.25, -0.2) is 4.98 Å². The first-order valence-corrected chi connectivity index (χ1v) is 18.7. The van der Waals surface area contributed by atoms with Crippen LogP contribution in [0.3, 0.4) is 0 Å². The predicted octanol–water partition coefficient (Wildman–Crippen LogP) is 13.5. The zero-order chi connectivity index (χ0) is 46.3. The summed E-state index contributed by atoms with van der Waals surface area (Å²) in [6.45, 7) is 16.6. The molecule has 0 aliphatic rings. The molecule has 57 heavy (non-hydrogen) atoms. The number of aryl methyl sites for hydroxylation is 2. The fourth-order valence-corrected chi connectivity index (χ4v) is 7.08. The van der Waals surface area contributed by atoms with E-state index >= 15 is 0 Å². The molecule has 2 heterocycles. The zero-order valence-corrected chi connectivity index (χ0v) is 35.5. The van der Waals surface area contributed by atoms with Gasteiger partial charge in [0, 0.05) is 38.6 Å². The van der Waals surface area contributed by atoms with Crippen LogP contribution in [0.15, 0.2) is 139 Å². The van der Waals surface area contributed by atoms with E-state index in [1.807, 2.05) is 74.5 Å². The number of nitrogens with zero attached hydrogens (tertiary/aromatic N) is 3. The van der Waals surface area contributed by atoms with Crippen LogP contribution in [0, 0.1) is 19.9 Å². The summed E-state index contributed by atoms with van der Waals surface area (Å²) < 4.78 is 71.2. The van der Waals surface area contributed by atoms with E-state index in [1.165, 1.54) is 0 Å². The van der Waals surface area contributed by atoms with Crippen molar-refractivity contribution in [3.63, 3.8) is 0 Å². The van der Waals surface area contributed by atoms with Crippen molar-refractivity contribution in [1.29, 1.82) is 0 Å². The smallest absolute Gasteiger partial charge is 0.148 e. The number of pyridine rings is 1. The number of aromatic nitrogens is 3. The second-order valence-corrected chi connectivity index (χ2v) is 16.5. The SMILES string of the molecule is [2H]c1nc(-c2[c-]c(-c3cccc4c3nc(-c3cc(C)cc(C)c3O)n4-c3cc(-c4ccccc4)cc(C(C)(C)C)c3)cc(C(C)(C)C)c2)c([2H])c(-c2c([2H])c([2H])c([2H])c([2H])c2[2H])c1[2H].[Pt]. The van der Waals surface area contributed by atoms with E-state index in [0.717, 1.165) is 39.0 Å². The molecule has 288 valence electrons. The molecule has 5 heteroatoms. The summed E-state index contributed by atoms with van der Waals surface area (Å²) in [5.41, 5.74) is 8.85. The van der Waals surface area contributed by atoms with Gasteiger partial charge in [-0.15, -0.1) is 29.3 Å². The average molecular weight is 934 g/mol. The van der Waals surface area contributed by atoms with Gasteiger partial charge in [0.15, 0.2) is 0 Å². The van der Waals surface area contributed by atoms with Crippen LogP contribution in [-0.2, 0) is 31.9 Å². The molecular formula is C52H48N3OPt-. The van der Waals surface area contributed by atoms with Crippen LogP contribution in [0.2, 0.25) is 0 Å². The normalized spacial score (nSPS) is 13.8. The Hall–Kier alpha value is -5.57. The zero-order valence-electron chi connectivity index (χ0n) is 41.3. The van der Waals surface area contributed by atoms with Crippen molar-refractivity contribution in [2.45, 2.75) is 66.2 Å². The van der Waals surface area contributed by atoms with Crippen molar-refractivity contribution >= 4 is 11.0 Å². The van der Waals surface area contributed by atoms with Crippen molar-refractivity contribution in [2.24, 2.45) is 0 Å². The number of phenolic OH excluding ortho intramolecular Hbond substituents is 1. The number of fused-ring (bicyclic) bond motifs is 1. The van der Waals surface area contributed by atoms with E-state index < -0.39 is 47.8 Å². The molecule has 6 aromatic carbocycles. The first kappa shape index (κ1) is 30.6. The first-order valence-electron chi connectivity index (χ1n) is 22.7. The van der Waals surface area contributed by atoms with Gasteiger partial charge in [-0.2, -0.15) is 0 Å². The van der Waals surface area contributed by atoms with Crippen LogP contribution in [0.4, 0.5) is 0 Å². The molecule has 0 atom stereocenters. The Morgan fingerprint density at radius 3 is 2.09 bits per heavy atom. The fraction of sp³-hybridized carbons (Fsp3) is 0.192. The molecule has 2 aromatic heterocycles. The summed E-state index contributed by atoms with van der Waals surface area (Å²) >= 11 is 0. The fourth-order valence-electron chi connectivity index (χ4n) is 7.08. The van der Waals surface area contributed by atoms with Crippen LogP contribution < -0.4 is 0 Å². The summed E-state index contributed by atoms with van der Waals surface area (Å²) in [7, 11) is 0. The van der Waals surface area contributed by atoms with E-state index in [2.05, 4.69) is 87.5 Å². The molecule has 0 fully saturated rings. The number of hydrogen-bond donors (Lipinski definition) is 1. The monoisotopic (exact) mass is 933 g/mol. The van der Waals surface area contributed by atoms with Gasteiger partial charge in [0.25, 0.3) is 0 Å². The number of para-hydroxylation sites is 1. The van der Waals surface area contributed by atoms with Crippen LogP contribution in [0.25, 0.3) is 72.7 Å². The minimum absolute atomic E-state index is 0. The standard InChI is InChI=1S/C52H48N3O.Pt/c1-33-24-34(2)49(56)45(25-33)50-54-48-44(20-15-21-47(48)55(50)43-30-38(36-18-13-10-14-19-36)27-42(32-43)52(6,7)8)39-26-40(29-41(28-39)51(3,4)5)46-31-37(22-23-53-46)35-16-11-9-12-17-35;/h9-25,27-32,56H,1-8H3;/q-1;/i9D,11D,12D,16D,17D,22D,23D,31D;. The summed E-state index contributed by atoms with van der Waals surface area (Å²) in [5.74, 6) is 0.655. The van der Waals surface area contributed by atoms with E-state index in [-0.39, 0.29) is 55.1 Å². The number of imidazole rings is 1.